The zero-order chi connectivity index (χ0) is 17.2. The Bertz CT molecular complexity index is 681. The van der Waals surface area contributed by atoms with Crippen molar-refractivity contribution in [3.8, 4) is 0 Å². The summed E-state index contributed by atoms with van der Waals surface area (Å²) in [5, 5.41) is 0.399. The van der Waals surface area contributed by atoms with Crippen LogP contribution in [-0.4, -0.2) is 43.3 Å². The van der Waals surface area contributed by atoms with Crippen LogP contribution in [0.2, 0.25) is 10.0 Å². The van der Waals surface area contributed by atoms with Gasteiger partial charge in [-0.3, -0.25) is 4.79 Å². The first-order valence-electron chi connectivity index (χ1n) is 7.66. The molecule has 0 spiro atoms. The molecule has 23 heavy (non-hydrogen) atoms. The molecule has 1 aromatic carbocycles. The number of likely N-dealkylation sites (tertiary alicyclic amines) is 1. The standard InChI is InChI=1S/C16H21Cl2NO3S/c1-11(2)10-23(21,22)13-5-7-19(8-6-13)16(20)12-3-4-14(17)15(18)9-12/h3-4,9,11,13H,5-8,10H2,1-2H3. The third kappa shape index (κ3) is 4.61. The van der Waals surface area contributed by atoms with E-state index in [1.54, 1.807) is 23.1 Å². The van der Waals surface area contributed by atoms with Crippen molar-refractivity contribution in [2.24, 2.45) is 5.92 Å². The Morgan fingerprint density at radius 1 is 1.22 bits per heavy atom. The summed E-state index contributed by atoms with van der Waals surface area (Å²) in [4.78, 5) is 14.2. The summed E-state index contributed by atoms with van der Waals surface area (Å²) in [5.41, 5.74) is 0.475. The lowest BCUT2D eigenvalue weighted by atomic mass is 10.1. The first-order chi connectivity index (χ1) is 10.7. The van der Waals surface area contributed by atoms with Gasteiger partial charge in [0.05, 0.1) is 21.0 Å². The van der Waals surface area contributed by atoms with E-state index in [1.807, 2.05) is 13.8 Å². The van der Waals surface area contributed by atoms with Crippen molar-refractivity contribution in [3.05, 3.63) is 33.8 Å². The smallest absolute Gasteiger partial charge is 0.253 e. The van der Waals surface area contributed by atoms with Gasteiger partial charge in [-0.25, -0.2) is 8.42 Å². The molecule has 0 radical (unpaired) electrons. The average molecular weight is 378 g/mol. The van der Waals surface area contributed by atoms with Gasteiger partial charge in [0, 0.05) is 18.7 Å². The van der Waals surface area contributed by atoms with Gasteiger partial charge in [0.25, 0.3) is 5.91 Å². The highest BCUT2D eigenvalue weighted by Crippen LogP contribution is 2.25. The minimum atomic E-state index is -3.09. The second-order valence-corrected chi connectivity index (χ2v) is 9.48. The summed E-state index contributed by atoms with van der Waals surface area (Å²) in [6.07, 6.45) is 0.976. The van der Waals surface area contributed by atoms with E-state index in [9.17, 15) is 13.2 Å². The average Bonchev–Trinajstić information content (AvgIpc) is 2.48. The fraction of sp³-hybridized carbons (Fsp3) is 0.562. The SMILES string of the molecule is CC(C)CS(=O)(=O)C1CCN(C(=O)c2ccc(Cl)c(Cl)c2)CC1. The first kappa shape index (κ1) is 18.6. The molecule has 1 amide bonds. The van der Waals surface area contributed by atoms with E-state index < -0.39 is 9.84 Å². The number of hydrogen-bond donors (Lipinski definition) is 0. The zero-order valence-electron chi connectivity index (χ0n) is 13.3. The lowest BCUT2D eigenvalue weighted by molar-refractivity contribution is 0.0725. The van der Waals surface area contributed by atoms with Gasteiger partial charge >= 0.3 is 0 Å². The molecular formula is C16H21Cl2NO3S. The van der Waals surface area contributed by atoms with Crippen LogP contribution in [0, 0.1) is 5.92 Å². The molecule has 0 aromatic heterocycles. The molecule has 2 rings (SSSR count). The van der Waals surface area contributed by atoms with E-state index in [0.29, 0.717) is 41.5 Å². The van der Waals surface area contributed by atoms with Crippen LogP contribution < -0.4 is 0 Å². The lowest BCUT2D eigenvalue weighted by Gasteiger charge is -2.32. The Kier molecular flexibility index (Phi) is 5.98. The maximum atomic E-state index is 12.5. The van der Waals surface area contributed by atoms with Crippen LogP contribution in [0.5, 0.6) is 0 Å². The van der Waals surface area contributed by atoms with Crippen LogP contribution >= 0.6 is 23.2 Å². The van der Waals surface area contributed by atoms with Crippen molar-refractivity contribution in [3.63, 3.8) is 0 Å². The van der Waals surface area contributed by atoms with Crippen LogP contribution in [-0.2, 0) is 9.84 Å². The fourth-order valence-corrected chi connectivity index (χ4v) is 5.26. The molecule has 0 bridgehead atoms. The molecule has 0 aliphatic carbocycles. The van der Waals surface area contributed by atoms with Gasteiger partial charge in [-0.15, -0.1) is 0 Å². The Hall–Kier alpha value is -0.780. The van der Waals surface area contributed by atoms with Crippen LogP contribution in [0.15, 0.2) is 18.2 Å². The molecule has 1 heterocycles. The van der Waals surface area contributed by atoms with Gasteiger partial charge in [0.2, 0.25) is 0 Å². The fourth-order valence-electron chi connectivity index (χ4n) is 2.83. The van der Waals surface area contributed by atoms with Crippen molar-refractivity contribution in [1.82, 2.24) is 4.90 Å². The monoisotopic (exact) mass is 377 g/mol. The minimum Gasteiger partial charge on any atom is -0.339 e. The molecule has 1 fully saturated rings. The largest absolute Gasteiger partial charge is 0.339 e. The van der Waals surface area contributed by atoms with E-state index in [0.717, 1.165) is 0 Å². The number of nitrogens with zero attached hydrogens (tertiary/aromatic N) is 1. The van der Waals surface area contributed by atoms with Gasteiger partial charge in [0.15, 0.2) is 9.84 Å². The second kappa shape index (κ2) is 7.41. The Morgan fingerprint density at radius 2 is 1.83 bits per heavy atom. The predicted molar refractivity (Wildman–Crippen MR) is 94.0 cm³/mol. The van der Waals surface area contributed by atoms with E-state index in [4.69, 9.17) is 23.2 Å². The Labute approximate surface area is 147 Å². The number of hydrogen-bond acceptors (Lipinski definition) is 3. The maximum Gasteiger partial charge on any atom is 0.253 e. The van der Waals surface area contributed by atoms with E-state index in [-0.39, 0.29) is 22.8 Å². The van der Waals surface area contributed by atoms with Crippen LogP contribution in [0.3, 0.4) is 0 Å². The van der Waals surface area contributed by atoms with E-state index in [1.165, 1.54) is 0 Å². The van der Waals surface area contributed by atoms with Crippen LogP contribution in [0.25, 0.3) is 0 Å². The summed E-state index contributed by atoms with van der Waals surface area (Å²) in [6, 6.07) is 4.78. The van der Waals surface area contributed by atoms with Crippen LogP contribution in [0.4, 0.5) is 0 Å². The maximum absolute atomic E-state index is 12.5. The van der Waals surface area contributed by atoms with Gasteiger partial charge in [-0.2, -0.15) is 0 Å². The summed E-state index contributed by atoms with van der Waals surface area (Å²) >= 11 is 11.8. The molecular weight excluding hydrogens is 357 g/mol. The van der Waals surface area contributed by atoms with Crippen molar-refractivity contribution in [2.75, 3.05) is 18.8 Å². The van der Waals surface area contributed by atoms with E-state index >= 15 is 0 Å². The second-order valence-electron chi connectivity index (χ2n) is 6.34. The Morgan fingerprint density at radius 3 is 2.35 bits per heavy atom. The molecule has 1 aromatic rings. The number of halogens is 2. The van der Waals surface area contributed by atoms with Gasteiger partial charge in [-0.05, 0) is 37.0 Å². The number of amides is 1. The highest BCUT2D eigenvalue weighted by atomic mass is 35.5. The zero-order valence-corrected chi connectivity index (χ0v) is 15.6. The number of carbonyl (C=O) groups excluding carboxylic acids is 1. The molecule has 0 unspecified atom stereocenters. The summed E-state index contributed by atoms with van der Waals surface area (Å²) in [6.45, 7) is 4.70. The number of benzene rings is 1. The minimum absolute atomic E-state index is 0.121. The summed E-state index contributed by atoms with van der Waals surface area (Å²) in [7, 11) is -3.09. The summed E-state index contributed by atoms with van der Waals surface area (Å²) < 4.78 is 24.6. The molecule has 1 aliphatic rings. The molecule has 128 valence electrons. The third-order valence-electron chi connectivity index (χ3n) is 3.97. The number of rotatable bonds is 4. The quantitative estimate of drug-likeness (QED) is 0.803. The van der Waals surface area contributed by atoms with Crippen molar-refractivity contribution in [2.45, 2.75) is 31.9 Å². The highest BCUT2D eigenvalue weighted by molar-refractivity contribution is 7.92. The number of piperidine rings is 1. The third-order valence-corrected chi connectivity index (χ3v) is 7.33. The van der Waals surface area contributed by atoms with Gasteiger partial charge < -0.3 is 4.90 Å². The normalized spacial score (nSPS) is 16.8. The molecule has 0 saturated carbocycles. The molecule has 1 aliphatic heterocycles. The lowest BCUT2D eigenvalue weighted by Crippen LogP contribution is -2.43. The summed E-state index contributed by atoms with van der Waals surface area (Å²) in [5.74, 6) is 0.192. The molecule has 4 nitrogen and oxygen atoms in total. The topological polar surface area (TPSA) is 54.5 Å². The molecule has 0 N–H and O–H groups in total. The van der Waals surface area contributed by atoms with Gasteiger partial charge in [0.1, 0.15) is 0 Å². The molecule has 7 heteroatoms. The van der Waals surface area contributed by atoms with Crippen molar-refractivity contribution >= 4 is 38.9 Å². The first-order valence-corrected chi connectivity index (χ1v) is 10.1. The van der Waals surface area contributed by atoms with Gasteiger partial charge in [-0.1, -0.05) is 37.0 Å². The molecule has 1 saturated heterocycles. The number of carbonyl (C=O) groups is 1. The Balaban J connectivity index is 2.01. The predicted octanol–water partition coefficient (Wildman–Crippen LogP) is 3.67. The van der Waals surface area contributed by atoms with Crippen LogP contribution in [0.1, 0.15) is 37.0 Å². The molecule has 0 atom stereocenters. The number of sulfone groups is 1. The van der Waals surface area contributed by atoms with Crippen molar-refractivity contribution < 1.29 is 13.2 Å². The highest BCUT2D eigenvalue weighted by Gasteiger charge is 2.32. The van der Waals surface area contributed by atoms with Crippen molar-refractivity contribution in [1.29, 1.82) is 0 Å². The van der Waals surface area contributed by atoms with E-state index in [2.05, 4.69) is 0 Å².